The van der Waals surface area contributed by atoms with Crippen LogP contribution in [-0.2, 0) is 4.79 Å². The van der Waals surface area contributed by atoms with Crippen LogP contribution in [-0.4, -0.2) is 23.7 Å². The van der Waals surface area contributed by atoms with E-state index in [2.05, 4.69) is 5.32 Å². The van der Waals surface area contributed by atoms with Crippen LogP contribution in [0.3, 0.4) is 0 Å². The maximum atomic E-state index is 11.6. The molecule has 1 amide bonds. The Morgan fingerprint density at radius 1 is 1.40 bits per heavy atom. The summed E-state index contributed by atoms with van der Waals surface area (Å²) in [7, 11) is 0. The van der Waals surface area contributed by atoms with Crippen molar-refractivity contribution in [1.29, 1.82) is 0 Å². The van der Waals surface area contributed by atoms with Gasteiger partial charge in [0.15, 0.2) is 0 Å². The van der Waals surface area contributed by atoms with Gasteiger partial charge in [-0.1, -0.05) is 43.1 Å². The smallest absolute Gasteiger partial charge is 0.244 e. The Balaban J connectivity index is 2.47. The molecule has 20 heavy (non-hydrogen) atoms. The highest BCUT2D eigenvalue weighted by molar-refractivity contribution is 6.35. The molecule has 0 aliphatic carbocycles. The van der Waals surface area contributed by atoms with Crippen LogP contribution in [0.1, 0.15) is 25.8 Å². The SMILES string of the molecule is CC(C)CC(O)CNC(=O)/C=C/c1ccc(Cl)cc1Cl. The van der Waals surface area contributed by atoms with Crippen LogP contribution in [0.2, 0.25) is 10.0 Å². The molecular weight excluding hydrogens is 297 g/mol. The Bertz CT molecular complexity index is 487. The molecule has 0 saturated heterocycles. The van der Waals surface area contributed by atoms with Crippen molar-refractivity contribution in [2.45, 2.75) is 26.4 Å². The fourth-order valence-corrected chi connectivity index (χ4v) is 2.18. The summed E-state index contributed by atoms with van der Waals surface area (Å²) in [4.78, 5) is 11.6. The minimum atomic E-state index is -0.522. The zero-order chi connectivity index (χ0) is 15.1. The topological polar surface area (TPSA) is 49.3 Å². The Kier molecular flexibility index (Phi) is 7.06. The number of benzene rings is 1. The van der Waals surface area contributed by atoms with Gasteiger partial charge in [-0.25, -0.2) is 0 Å². The van der Waals surface area contributed by atoms with Crippen LogP contribution in [0.5, 0.6) is 0 Å². The third kappa shape index (κ3) is 6.42. The number of hydrogen-bond acceptors (Lipinski definition) is 2. The third-order valence-electron chi connectivity index (χ3n) is 2.63. The number of carbonyl (C=O) groups excluding carboxylic acids is 1. The van der Waals surface area contributed by atoms with E-state index in [-0.39, 0.29) is 12.5 Å². The van der Waals surface area contributed by atoms with Crippen molar-refractivity contribution in [3.8, 4) is 0 Å². The van der Waals surface area contributed by atoms with E-state index in [1.807, 2.05) is 13.8 Å². The average Bonchev–Trinajstić information content (AvgIpc) is 2.34. The number of amides is 1. The molecule has 0 bridgehead atoms. The molecule has 1 atom stereocenters. The van der Waals surface area contributed by atoms with Crippen LogP contribution in [0.25, 0.3) is 6.08 Å². The molecule has 1 aromatic rings. The maximum absolute atomic E-state index is 11.6. The lowest BCUT2D eigenvalue weighted by molar-refractivity contribution is -0.116. The van der Waals surface area contributed by atoms with Crippen molar-refractivity contribution in [1.82, 2.24) is 5.32 Å². The highest BCUT2D eigenvalue weighted by Crippen LogP contribution is 2.21. The molecular formula is C15H19Cl2NO2. The standard InChI is InChI=1S/C15H19Cl2NO2/c1-10(2)7-13(19)9-18-15(20)6-4-11-3-5-12(16)8-14(11)17/h3-6,8,10,13,19H,7,9H2,1-2H3,(H,18,20)/b6-4+. The van der Waals surface area contributed by atoms with Crippen LogP contribution in [0.4, 0.5) is 0 Å². The highest BCUT2D eigenvalue weighted by atomic mass is 35.5. The molecule has 1 rings (SSSR count). The average molecular weight is 316 g/mol. The van der Waals surface area contributed by atoms with E-state index in [4.69, 9.17) is 23.2 Å². The lowest BCUT2D eigenvalue weighted by Gasteiger charge is -2.12. The van der Waals surface area contributed by atoms with Gasteiger partial charge in [0.1, 0.15) is 0 Å². The summed E-state index contributed by atoms with van der Waals surface area (Å²) in [5.41, 5.74) is 0.717. The van der Waals surface area contributed by atoms with Crippen LogP contribution in [0.15, 0.2) is 24.3 Å². The molecule has 3 nitrogen and oxygen atoms in total. The Hall–Kier alpha value is -1.03. The number of carbonyl (C=O) groups is 1. The normalized spacial score (nSPS) is 12.9. The number of aliphatic hydroxyl groups is 1. The van der Waals surface area contributed by atoms with E-state index in [9.17, 15) is 9.90 Å². The maximum Gasteiger partial charge on any atom is 0.244 e. The molecule has 1 unspecified atom stereocenters. The molecule has 0 heterocycles. The first-order valence-corrected chi connectivity index (χ1v) is 7.23. The van der Waals surface area contributed by atoms with Gasteiger partial charge in [-0.2, -0.15) is 0 Å². The van der Waals surface area contributed by atoms with Gasteiger partial charge >= 0.3 is 0 Å². The second-order valence-electron chi connectivity index (χ2n) is 5.03. The van der Waals surface area contributed by atoms with Crippen molar-refractivity contribution in [3.63, 3.8) is 0 Å². The monoisotopic (exact) mass is 315 g/mol. The summed E-state index contributed by atoms with van der Waals surface area (Å²) in [6.45, 7) is 4.29. The summed E-state index contributed by atoms with van der Waals surface area (Å²) in [6, 6.07) is 5.06. The Morgan fingerprint density at radius 3 is 2.70 bits per heavy atom. The quantitative estimate of drug-likeness (QED) is 0.789. The number of rotatable bonds is 6. The van der Waals surface area contributed by atoms with Gasteiger partial charge in [0.05, 0.1) is 6.10 Å². The largest absolute Gasteiger partial charge is 0.391 e. The van der Waals surface area contributed by atoms with E-state index in [0.29, 0.717) is 27.9 Å². The summed E-state index contributed by atoms with van der Waals surface area (Å²) < 4.78 is 0. The molecule has 0 saturated carbocycles. The van der Waals surface area contributed by atoms with Crippen molar-refractivity contribution in [2.24, 2.45) is 5.92 Å². The van der Waals surface area contributed by atoms with Crippen LogP contribution >= 0.6 is 23.2 Å². The van der Waals surface area contributed by atoms with Crippen molar-refractivity contribution >= 4 is 35.2 Å². The molecule has 2 N–H and O–H groups in total. The minimum Gasteiger partial charge on any atom is -0.391 e. The van der Waals surface area contributed by atoms with E-state index in [1.54, 1.807) is 24.3 Å². The third-order valence-corrected chi connectivity index (χ3v) is 3.19. The van der Waals surface area contributed by atoms with Gasteiger partial charge in [-0.3, -0.25) is 4.79 Å². The summed E-state index contributed by atoms with van der Waals surface area (Å²) >= 11 is 11.8. The van der Waals surface area contributed by atoms with Gasteiger partial charge in [-0.05, 0) is 36.1 Å². The highest BCUT2D eigenvalue weighted by Gasteiger charge is 2.07. The molecule has 0 fully saturated rings. The van der Waals surface area contributed by atoms with Gasteiger partial charge in [0.25, 0.3) is 0 Å². The van der Waals surface area contributed by atoms with Crippen molar-refractivity contribution in [3.05, 3.63) is 39.9 Å². The molecule has 0 aliphatic rings. The lowest BCUT2D eigenvalue weighted by atomic mass is 10.1. The van der Waals surface area contributed by atoms with Crippen molar-refractivity contribution < 1.29 is 9.90 Å². The van der Waals surface area contributed by atoms with Crippen LogP contribution in [0, 0.1) is 5.92 Å². The summed E-state index contributed by atoms with van der Waals surface area (Å²) in [5.74, 6) is 0.129. The number of aliphatic hydroxyl groups excluding tert-OH is 1. The van der Waals surface area contributed by atoms with E-state index in [0.717, 1.165) is 0 Å². The summed E-state index contributed by atoms with van der Waals surface area (Å²) in [6.07, 6.45) is 3.14. The minimum absolute atomic E-state index is 0.246. The first-order chi connectivity index (χ1) is 9.38. The second kappa shape index (κ2) is 8.30. The molecule has 1 aromatic carbocycles. The molecule has 0 spiro atoms. The first-order valence-electron chi connectivity index (χ1n) is 6.47. The molecule has 5 heteroatoms. The van der Waals surface area contributed by atoms with Gasteiger partial charge in [0.2, 0.25) is 5.91 Å². The summed E-state index contributed by atoms with van der Waals surface area (Å²) in [5, 5.41) is 13.3. The predicted octanol–water partition coefficient (Wildman–Crippen LogP) is 3.53. The van der Waals surface area contributed by atoms with Crippen LogP contribution < -0.4 is 5.32 Å². The van der Waals surface area contributed by atoms with E-state index < -0.39 is 6.10 Å². The second-order valence-corrected chi connectivity index (χ2v) is 5.87. The van der Waals surface area contributed by atoms with Gasteiger partial charge in [-0.15, -0.1) is 0 Å². The fourth-order valence-electron chi connectivity index (χ4n) is 1.71. The Morgan fingerprint density at radius 2 is 2.10 bits per heavy atom. The van der Waals surface area contributed by atoms with E-state index >= 15 is 0 Å². The van der Waals surface area contributed by atoms with Gasteiger partial charge in [0, 0.05) is 22.7 Å². The number of hydrogen-bond donors (Lipinski definition) is 2. The molecule has 0 aliphatic heterocycles. The zero-order valence-electron chi connectivity index (χ0n) is 11.6. The number of nitrogens with one attached hydrogen (secondary N) is 1. The fraction of sp³-hybridized carbons (Fsp3) is 0.400. The molecule has 0 radical (unpaired) electrons. The zero-order valence-corrected chi connectivity index (χ0v) is 13.1. The predicted molar refractivity (Wildman–Crippen MR) is 84.0 cm³/mol. The number of halogens is 2. The molecule has 0 aromatic heterocycles. The van der Waals surface area contributed by atoms with Gasteiger partial charge < -0.3 is 10.4 Å². The van der Waals surface area contributed by atoms with Crippen molar-refractivity contribution in [2.75, 3.05) is 6.54 Å². The Labute approximate surface area is 129 Å². The van der Waals surface area contributed by atoms with E-state index in [1.165, 1.54) is 6.08 Å². The lowest BCUT2D eigenvalue weighted by Crippen LogP contribution is -2.31. The first kappa shape index (κ1) is 17.0. The molecule has 110 valence electrons.